The van der Waals surface area contributed by atoms with Crippen LogP contribution in [0.3, 0.4) is 0 Å². The van der Waals surface area contributed by atoms with Gasteiger partial charge < -0.3 is 4.90 Å². The molecular formula is C10H12N3+. The third kappa shape index (κ3) is 2.31. The van der Waals surface area contributed by atoms with E-state index in [1.807, 2.05) is 30.2 Å². The fraction of sp³-hybridized carbons (Fsp3) is 0.200. The molecule has 1 aromatic rings. The average Bonchev–Trinajstić information content (AvgIpc) is 2.18. The van der Waals surface area contributed by atoms with Crippen LogP contribution in [-0.2, 0) is 0 Å². The molecule has 0 saturated carbocycles. The molecule has 0 amide bonds. The molecule has 0 bridgehead atoms. The van der Waals surface area contributed by atoms with E-state index in [0.29, 0.717) is 5.69 Å². The summed E-state index contributed by atoms with van der Waals surface area (Å²) >= 11 is 0. The van der Waals surface area contributed by atoms with Gasteiger partial charge in [-0.05, 0) is 12.1 Å². The minimum absolute atomic E-state index is 0.566. The Balaban J connectivity index is 2.80. The maximum atomic E-state index is 8.47. The first-order chi connectivity index (χ1) is 6.27. The van der Waals surface area contributed by atoms with Crippen molar-refractivity contribution in [1.29, 1.82) is 5.39 Å². The van der Waals surface area contributed by atoms with E-state index in [-0.39, 0.29) is 0 Å². The molecule has 13 heavy (non-hydrogen) atoms. The Morgan fingerprint density at radius 1 is 1.46 bits per heavy atom. The van der Waals surface area contributed by atoms with Crippen molar-refractivity contribution in [2.45, 2.75) is 0 Å². The monoisotopic (exact) mass is 174 g/mol. The molecule has 3 nitrogen and oxygen atoms in total. The highest BCUT2D eigenvalue weighted by molar-refractivity contribution is 5.55. The first-order valence-corrected chi connectivity index (χ1v) is 4.05. The van der Waals surface area contributed by atoms with Crippen molar-refractivity contribution < 1.29 is 0 Å². The zero-order chi connectivity index (χ0) is 9.68. The second-order valence-corrected chi connectivity index (χ2v) is 2.79. The largest absolute Gasteiger partial charge is 0.385 e. The van der Waals surface area contributed by atoms with Crippen molar-refractivity contribution in [3.05, 3.63) is 41.9 Å². The summed E-state index contributed by atoms with van der Waals surface area (Å²) in [5, 5.41) is 8.47. The van der Waals surface area contributed by atoms with E-state index >= 15 is 0 Å². The smallest absolute Gasteiger partial charge is 0.371 e. The Kier molecular flexibility index (Phi) is 3.04. The Bertz CT molecular complexity index is 321. The number of likely N-dealkylation sites (N-methyl/N-ethyl adjacent to an activating group) is 1. The van der Waals surface area contributed by atoms with Crippen LogP contribution in [-0.4, -0.2) is 13.6 Å². The highest BCUT2D eigenvalue weighted by Crippen LogP contribution is 2.18. The lowest BCUT2D eigenvalue weighted by molar-refractivity contribution is 1.03. The fourth-order valence-electron chi connectivity index (χ4n) is 1.07. The van der Waals surface area contributed by atoms with Crippen LogP contribution < -0.4 is 4.90 Å². The highest BCUT2D eigenvalue weighted by Gasteiger charge is 2.04. The van der Waals surface area contributed by atoms with Gasteiger partial charge in [-0.15, -0.1) is 6.58 Å². The maximum absolute atomic E-state index is 8.47. The minimum atomic E-state index is 0.566. The molecule has 0 saturated heterocycles. The van der Waals surface area contributed by atoms with Crippen molar-refractivity contribution >= 4 is 11.4 Å². The van der Waals surface area contributed by atoms with Crippen LogP contribution in [0, 0.1) is 5.39 Å². The molecule has 0 fully saturated rings. The standard InChI is InChI=1S/C10H12N3/c1-3-8-13(2)10-6-4-9(12-11)5-7-10/h3-7H,1,8H2,2H3/q+1. The van der Waals surface area contributed by atoms with E-state index in [9.17, 15) is 0 Å². The van der Waals surface area contributed by atoms with Gasteiger partial charge in [-0.1, -0.05) is 6.08 Å². The van der Waals surface area contributed by atoms with Crippen LogP contribution in [0.25, 0.3) is 4.98 Å². The van der Waals surface area contributed by atoms with E-state index in [0.717, 1.165) is 12.2 Å². The molecule has 1 rings (SSSR count). The Morgan fingerprint density at radius 2 is 2.08 bits per heavy atom. The molecular weight excluding hydrogens is 162 g/mol. The first-order valence-electron chi connectivity index (χ1n) is 4.05. The predicted octanol–water partition coefficient (Wildman–Crippen LogP) is 2.79. The van der Waals surface area contributed by atoms with Crippen molar-refractivity contribution in [2.24, 2.45) is 0 Å². The van der Waals surface area contributed by atoms with Gasteiger partial charge in [0.2, 0.25) is 5.39 Å². The molecule has 0 radical (unpaired) electrons. The number of nitrogens with zero attached hydrogens (tertiary/aromatic N) is 3. The number of anilines is 1. The van der Waals surface area contributed by atoms with Crippen molar-refractivity contribution in [2.75, 3.05) is 18.5 Å². The molecule has 0 aromatic heterocycles. The van der Waals surface area contributed by atoms with Gasteiger partial charge in [-0.25, -0.2) is 0 Å². The Hall–Kier alpha value is -1.82. The summed E-state index contributed by atoms with van der Waals surface area (Å²) in [6.45, 7) is 4.46. The van der Waals surface area contributed by atoms with Gasteiger partial charge in [0, 0.05) is 31.4 Å². The first kappa shape index (κ1) is 9.27. The summed E-state index contributed by atoms with van der Waals surface area (Å²) in [6.07, 6.45) is 1.84. The fourth-order valence-corrected chi connectivity index (χ4v) is 1.07. The normalized spacial score (nSPS) is 8.92. The maximum Gasteiger partial charge on any atom is 0.385 e. The lowest BCUT2D eigenvalue weighted by atomic mass is 10.2. The zero-order valence-corrected chi connectivity index (χ0v) is 7.64. The van der Waals surface area contributed by atoms with E-state index in [4.69, 9.17) is 5.39 Å². The topological polar surface area (TPSA) is 31.4 Å². The molecule has 0 spiro atoms. The van der Waals surface area contributed by atoms with Crippen LogP contribution in [0.15, 0.2) is 36.9 Å². The zero-order valence-electron chi connectivity index (χ0n) is 7.64. The molecule has 0 unspecified atom stereocenters. The van der Waals surface area contributed by atoms with Gasteiger partial charge in [0.05, 0.1) is 0 Å². The molecule has 0 aliphatic rings. The number of hydrogen-bond acceptors (Lipinski definition) is 2. The van der Waals surface area contributed by atoms with Crippen LogP contribution in [0.4, 0.5) is 11.4 Å². The molecule has 0 aliphatic heterocycles. The molecule has 1 aromatic carbocycles. The molecule has 66 valence electrons. The Morgan fingerprint density at radius 3 is 2.54 bits per heavy atom. The predicted molar refractivity (Wildman–Crippen MR) is 54.7 cm³/mol. The SMILES string of the molecule is C=CCN(C)c1ccc([N+]#N)cc1. The second-order valence-electron chi connectivity index (χ2n) is 2.79. The van der Waals surface area contributed by atoms with Crippen LogP contribution in [0.5, 0.6) is 0 Å². The van der Waals surface area contributed by atoms with Crippen LogP contribution >= 0.6 is 0 Å². The third-order valence-corrected chi connectivity index (χ3v) is 1.81. The van der Waals surface area contributed by atoms with E-state index < -0.39 is 0 Å². The van der Waals surface area contributed by atoms with Gasteiger partial charge in [0.1, 0.15) is 0 Å². The molecule has 3 heteroatoms. The highest BCUT2D eigenvalue weighted by atomic mass is 15.1. The number of rotatable bonds is 3. The minimum Gasteiger partial charge on any atom is -0.371 e. The third-order valence-electron chi connectivity index (χ3n) is 1.81. The molecule has 0 atom stereocenters. The Labute approximate surface area is 77.9 Å². The summed E-state index contributed by atoms with van der Waals surface area (Å²) in [5.41, 5.74) is 1.64. The summed E-state index contributed by atoms with van der Waals surface area (Å²) in [6, 6.07) is 7.32. The van der Waals surface area contributed by atoms with Crippen molar-refractivity contribution in [3.8, 4) is 0 Å². The van der Waals surface area contributed by atoms with Crippen molar-refractivity contribution in [1.82, 2.24) is 0 Å². The number of benzene rings is 1. The second kappa shape index (κ2) is 4.27. The number of hydrogen-bond donors (Lipinski definition) is 0. The van der Waals surface area contributed by atoms with E-state index in [2.05, 4.69) is 11.6 Å². The average molecular weight is 174 g/mol. The summed E-state index contributed by atoms with van der Waals surface area (Å²) in [5.74, 6) is 0. The van der Waals surface area contributed by atoms with Crippen LogP contribution in [0.1, 0.15) is 0 Å². The van der Waals surface area contributed by atoms with Crippen molar-refractivity contribution in [3.63, 3.8) is 0 Å². The van der Waals surface area contributed by atoms with Gasteiger partial charge in [0.15, 0.2) is 4.98 Å². The number of diazo groups is 1. The van der Waals surface area contributed by atoms with Gasteiger partial charge in [-0.2, -0.15) is 0 Å². The quantitative estimate of drug-likeness (QED) is 0.521. The lowest BCUT2D eigenvalue weighted by Crippen LogP contribution is -2.15. The van der Waals surface area contributed by atoms with E-state index in [1.54, 1.807) is 12.1 Å². The molecule has 0 N–H and O–H groups in total. The van der Waals surface area contributed by atoms with Crippen LogP contribution in [0.2, 0.25) is 0 Å². The lowest BCUT2D eigenvalue weighted by Gasteiger charge is -2.15. The summed E-state index contributed by atoms with van der Waals surface area (Å²) in [4.78, 5) is 5.13. The van der Waals surface area contributed by atoms with Gasteiger partial charge in [-0.3, -0.25) is 0 Å². The van der Waals surface area contributed by atoms with Gasteiger partial charge >= 0.3 is 5.69 Å². The summed E-state index contributed by atoms with van der Waals surface area (Å²) < 4.78 is 0. The molecule has 0 heterocycles. The van der Waals surface area contributed by atoms with E-state index in [1.165, 1.54) is 0 Å². The summed E-state index contributed by atoms with van der Waals surface area (Å²) in [7, 11) is 1.98. The molecule has 0 aliphatic carbocycles. The van der Waals surface area contributed by atoms with Gasteiger partial charge in [0.25, 0.3) is 0 Å².